The van der Waals surface area contributed by atoms with E-state index in [9.17, 15) is 17.4 Å². The Kier molecular flexibility index (Phi) is 7.04. The number of alkyl halides is 3. The van der Waals surface area contributed by atoms with Crippen molar-refractivity contribution in [1.82, 2.24) is 9.38 Å². The summed E-state index contributed by atoms with van der Waals surface area (Å²) in [6.45, 7) is 1.82. The van der Waals surface area contributed by atoms with Gasteiger partial charge in [-0.3, -0.25) is 8.61 Å². The molecule has 4 rings (SSSR count). The Morgan fingerprint density at radius 2 is 1.79 bits per heavy atom. The van der Waals surface area contributed by atoms with Gasteiger partial charge in [-0.2, -0.15) is 13.2 Å². The molecule has 9 heteroatoms. The van der Waals surface area contributed by atoms with Crippen LogP contribution in [0.15, 0.2) is 71.8 Å². The second-order valence-corrected chi connectivity index (χ2v) is 9.18. The molecule has 2 aromatic carbocycles. The van der Waals surface area contributed by atoms with E-state index in [1.54, 1.807) is 54.7 Å². The molecule has 2 aromatic heterocycles. The van der Waals surface area contributed by atoms with Crippen LogP contribution in [-0.4, -0.2) is 31.1 Å². The number of aromatic nitrogens is 2. The van der Waals surface area contributed by atoms with Crippen molar-refractivity contribution in [3.05, 3.63) is 78.1 Å². The molecule has 5 nitrogen and oxygen atoms in total. The van der Waals surface area contributed by atoms with E-state index in [0.717, 1.165) is 6.07 Å². The van der Waals surface area contributed by atoms with Gasteiger partial charge < -0.3 is 9.84 Å². The number of fused-ring (bicyclic) bond motifs is 1. The highest BCUT2D eigenvalue weighted by Gasteiger charge is 2.34. The van der Waals surface area contributed by atoms with Crippen molar-refractivity contribution in [3.63, 3.8) is 0 Å². The maximum Gasteiger partial charge on any atom is 0.419 e. The van der Waals surface area contributed by atoms with E-state index < -0.39 is 22.5 Å². The molecule has 1 N–H and O–H groups in total. The molecular weight excluding hydrogens is 465 g/mol. The zero-order chi connectivity index (χ0) is 24.3. The predicted molar refractivity (Wildman–Crippen MR) is 125 cm³/mol. The van der Waals surface area contributed by atoms with E-state index in [-0.39, 0.29) is 12.3 Å². The van der Waals surface area contributed by atoms with Crippen molar-refractivity contribution >= 4 is 16.4 Å². The van der Waals surface area contributed by atoms with Crippen molar-refractivity contribution in [2.45, 2.75) is 30.8 Å². The van der Waals surface area contributed by atoms with Crippen LogP contribution in [0, 0.1) is 0 Å². The van der Waals surface area contributed by atoms with E-state index in [1.165, 1.54) is 10.5 Å². The highest BCUT2D eigenvalue weighted by molar-refractivity contribution is 7.85. The first kappa shape index (κ1) is 24.0. The average molecular weight is 489 g/mol. The third-order valence-corrected chi connectivity index (χ3v) is 6.70. The van der Waals surface area contributed by atoms with Crippen molar-refractivity contribution in [1.29, 1.82) is 0 Å². The number of aliphatic hydroxyl groups excluding tert-OH is 1. The van der Waals surface area contributed by atoms with Gasteiger partial charge in [-0.05, 0) is 55.3 Å². The number of hydrogen-bond acceptors (Lipinski definition) is 4. The first-order valence-corrected chi connectivity index (χ1v) is 12.1. The minimum absolute atomic E-state index is 0.0256. The topological polar surface area (TPSA) is 63.8 Å². The molecule has 0 bridgehead atoms. The Morgan fingerprint density at radius 1 is 1.06 bits per heavy atom. The fourth-order valence-electron chi connectivity index (χ4n) is 3.72. The molecule has 178 valence electrons. The largest absolute Gasteiger partial charge is 0.457 e. The van der Waals surface area contributed by atoms with Crippen LogP contribution in [0.4, 0.5) is 13.2 Å². The standard InChI is InChI=1S/C25H23F3N2O3S/c1-2-22-23(30-12-5-11-21(24(30)29-22)25(26,27)28)17-7-3-8-18(15-17)33-19-9-4-10-20(16-19)34(32)14-6-13-31/h3-5,7-12,15-16,31H,2,6,13-14H2,1H3. The lowest BCUT2D eigenvalue weighted by Gasteiger charge is -2.11. The Labute approximate surface area is 197 Å². The van der Waals surface area contributed by atoms with Gasteiger partial charge in [0, 0.05) is 29.0 Å². The molecule has 2 heterocycles. The summed E-state index contributed by atoms with van der Waals surface area (Å²) in [6.07, 6.45) is -2.04. The summed E-state index contributed by atoms with van der Waals surface area (Å²) in [4.78, 5) is 4.89. The Hall–Kier alpha value is -3.17. The van der Waals surface area contributed by atoms with Gasteiger partial charge in [0.1, 0.15) is 17.1 Å². The molecule has 0 amide bonds. The molecule has 34 heavy (non-hydrogen) atoms. The summed E-state index contributed by atoms with van der Waals surface area (Å²) >= 11 is 0. The Bertz CT molecular complexity index is 1330. The molecule has 0 aliphatic carbocycles. The lowest BCUT2D eigenvalue weighted by molar-refractivity contribution is -0.136. The second kappa shape index (κ2) is 9.99. The molecule has 0 saturated carbocycles. The van der Waals surface area contributed by atoms with Gasteiger partial charge >= 0.3 is 6.18 Å². The molecule has 1 atom stereocenters. The van der Waals surface area contributed by atoms with Crippen LogP contribution in [0.3, 0.4) is 0 Å². The summed E-state index contributed by atoms with van der Waals surface area (Å²) in [5, 5.41) is 8.95. The highest BCUT2D eigenvalue weighted by atomic mass is 32.2. The number of nitrogens with zero attached hydrogens (tertiary/aromatic N) is 2. The first-order valence-electron chi connectivity index (χ1n) is 10.8. The van der Waals surface area contributed by atoms with Gasteiger partial charge in [-0.15, -0.1) is 0 Å². The molecule has 1 unspecified atom stereocenters. The molecule has 0 aliphatic rings. The second-order valence-electron chi connectivity index (χ2n) is 7.61. The van der Waals surface area contributed by atoms with Crippen molar-refractivity contribution < 1.29 is 27.2 Å². The summed E-state index contributed by atoms with van der Waals surface area (Å²) in [5.41, 5.74) is 0.882. The Morgan fingerprint density at radius 3 is 2.50 bits per heavy atom. The van der Waals surface area contributed by atoms with Crippen molar-refractivity contribution in [2.75, 3.05) is 12.4 Å². The molecule has 0 spiro atoms. The number of ether oxygens (including phenoxy) is 1. The SMILES string of the molecule is CCc1nc2c(C(F)(F)F)cccn2c1-c1cccc(Oc2cccc(S(=O)CCCO)c2)c1. The van der Waals surface area contributed by atoms with E-state index in [4.69, 9.17) is 9.84 Å². The van der Waals surface area contributed by atoms with Crippen LogP contribution in [0.1, 0.15) is 24.6 Å². The van der Waals surface area contributed by atoms with Crippen LogP contribution >= 0.6 is 0 Å². The molecule has 0 saturated heterocycles. The number of aryl methyl sites for hydroxylation is 1. The number of aliphatic hydroxyl groups is 1. The van der Waals surface area contributed by atoms with Gasteiger partial charge in [-0.1, -0.05) is 25.1 Å². The van der Waals surface area contributed by atoms with Crippen LogP contribution in [0.25, 0.3) is 16.9 Å². The van der Waals surface area contributed by atoms with Crippen LogP contribution < -0.4 is 4.74 Å². The van der Waals surface area contributed by atoms with Gasteiger partial charge in [0.2, 0.25) is 0 Å². The number of benzene rings is 2. The molecule has 0 fully saturated rings. The van der Waals surface area contributed by atoms with Gasteiger partial charge in [0.05, 0.1) is 27.8 Å². The lowest BCUT2D eigenvalue weighted by atomic mass is 10.1. The van der Waals surface area contributed by atoms with Gasteiger partial charge in [0.15, 0.2) is 0 Å². The lowest BCUT2D eigenvalue weighted by Crippen LogP contribution is -2.07. The molecule has 0 aliphatic heterocycles. The van der Waals surface area contributed by atoms with Gasteiger partial charge in [0.25, 0.3) is 0 Å². The summed E-state index contributed by atoms with van der Waals surface area (Å²) in [6, 6.07) is 16.3. The van der Waals surface area contributed by atoms with Gasteiger partial charge in [-0.25, -0.2) is 4.98 Å². The van der Waals surface area contributed by atoms with Crippen LogP contribution in [0.2, 0.25) is 0 Å². The van der Waals surface area contributed by atoms with Crippen LogP contribution in [0.5, 0.6) is 11.5 Å². The third-order valence-electron chi connectivity index (χ3n) is 5.26. The maximum atomic E-state index is 13.5. The summed E-state index contributed by atoms with van der Waals surface area (Å²) in [7, 11) is -1.25. The fraction of sp³-hybridized carbons (Fsp3) is 0.240. The minimum atomic E-state index is -4.51. The van der Waals surface area contributed by atoms with E-state index in [2.05, 4.69) is 4.98 Å². The molecular formula is C25H23F3N2O3S. The molecule has 4 aromatic rings. The number of rotatable bonds is 8. The maximum absolute atomic E-state index is 13.5. The summed E-state index contributed by atoms with van der Waals surface area (Å²) in [5.74, 6) is 1.32. The normalized spacial score (nSPS) is 12.7. The number of imidazole rings is 1. The summed E-state index contributed by atoms with van der Waals surface area (Å²) < 4.78 is 60.4. The number of halogens is 3. The van der Waals surface area contributed by atoms with Crippen molar-refractivity contribution in [2.24, 2.45) is 0 Å². The number of hydrogen-bond donors (Lipinski definition) is 1. The number of pyridine rings is 1. The first-order chi connectivity index (χ1) is 16.3. The molecule has 0 radical (unpaired) electrons. The van der Waals surface area contributed by atoms with Crippen molar-refractivity contribution in [3.8, 4) is 22.8 Å². The van der Waals surface area contributed by atoms with E-state index >= 15 is 0 Å². The monoisotopic (exact) mass is 488 g/mol. The third kappa shape index (κ3) is 5.00. The highest BCUT2D eigenvalue weighted by Crippen LogP contribution is 2.36. The fourth-order valence-corrected chi connectivity index (χ4v) is 4.83. The minimum Gasteiger partial charge on any atom is -0.457 e. The quantitative estimate of drug-likeness (QED) is 0.337. The zero-order valence-electron chi connectivity index (χ0n) is 18.4. The smallest absolute Gasteiger partial charge is 0.419 e. The zero-order valence-corrected chi connectivity index (χ0v) is 19.2. The predicted octanol–water partition coefficient (Wildman–Crippen LogP) is 5.86. The Balaban J connectivity index is 1.70. The van der Waals surface area contributed by atoms with Crippen LogP contribution in [-0.2, 0) is 23.4 Å². The van der Waals surface area contributed by atoms with E-state index in [0.29, 0.717) is 51.9 Å². The van der Waals surface area contributed by atoms with E-state index in [1.807, 2.05) is 6.92 Å². The average Bonchev–Trinajstić information content (AvgIpc) is 3.21.